The highest BCUT2D eigenvalue weighted by atomic mass is 16.1. The van der Waals surface area contributed by atoms with Gasteiger partial charge in [-0.15, -0.1) is 0 Å². The van der Waals surface area contributed by atoms with Gasteiger partial charge >= 0.3 is 0 Å². The van der Waals surface area contributed by atoms with Crippen molar-refractivity contribution >= 4 is 5.78 Å². The van der Waals surface area contributed by atoms with E-state index in [1.807, 2.05) is 6.08 Å². The summed E-state index contributed by atoms with van der Waals surface area (Å²) in [7, 11) is 0. The fraction of sp³-hybridized carbons (Fsp3) is 0.417. The Morgan fingerprint density at radius 2 is 2.19 bits per heavy atom. The van der Waals surface area contributed by atoms with Crippen molar-refractivity contribution in [2.75, 3.05) is 0 Å². The van der Waals surface area contributed by atoms with Crippen LogP contribution in [0.4, 0.5) is 0 Å². The summed E-state index contributed by atoms with van der Waals surface area (Å²) in [5, 5.41) is 0. The fourth-order valence-electron chi connectivity index (χ4n) is 3.32. The Kier molecular flexibility index (Phi) is 1.94. The van der Waals surface area contributed by atoms with Crippen molar-refractivity contribution in [3.05, 3.63) is 35.7 Å². The van der Waals surface area contributed by atoms with Crippen LogP contribution in [0.15, 0.2) is 35.7 Å². The number of carbonyl (C=O) groups is 1. The summed E-state index contributed by atoms with van der Waals surface area (Å²) >= 11 is 0. The van der Waals surface area contributed by atoms with E-state index in [4.69, 9.17) is 11.6 Å². The molecule has 4 nitrogen and oxygen atoms in total. The van der Waals surface area contributed by atoms with Crippen LogP contribution in [-0.4, -0.2) is 5.78 Å². The maximum Gasteiger partial charge on any atom is 0.168 e. The van der Waals surface area contributed by atoms with Gasteiger partial charge in [-0.05, 0) is 24.2 Å². The second-order valence-corrected chi connectivity index (χ2v) is 4.76. The van der Waals surface area contributed by atoms with Gasteiger partial charge in [0.1, 0.15) is 0 Å². The van der Waals surface area contributed by atoms with E-state index in [-0.39, 0.29) is 11.7 Å². The molecule has 1 saturated carbocycles. The van der Waals surface area contributed by atoms with Gasteiger partial charge in [0.25, 0.3) is 0 Å². The number of ketones is 1. The molecule has 4 heteroatoms. The lowest BCUT2D eigenvalue weighted by molar-refractivity contribution is -0.119. The number of carbonyl (C=O) groups excluding carboxylic acids is 1. The van der Waals surface area contributed by atoms with E-state index in [1.54, 1.807) is 0 Å². The highest BCUT2D eigenvalue weighted by Crippen LogP contribution is 2.53. The molecule has 5 N–H and O–H groups in total. The molecule has 0 aromatic heterocycles. The molecule has 3 rings (SSSR count). The smallest absolute Gasteiger partial charge is 0.168 e. The first kappa shape index (κ1) is 9.66. The molecule has 16 heavy (non-hydrogen) atoms. The van der Waals surface area contributed by atoms with Crippen molar-refractivity contribution in [2.24, 2.45) is 35.2 Å². The molecule has 0 radical (unpaired) electrons. The standard InChI is InChI=1S/C12H15N3O/c13-10(5-15-14)9-4-8-6-1-2-7(3-6)11(8)12(9)16/h1-2,4-8,11,15H,3,13-14H2/b10-5-/t6?,7?,8-,11+/m1/s1. The van der Waals surface area contributed by atoms with Crippen molar-refractivity contribution < 1.29 is 4.79 Å². The van der Waals surface area contributed by atoms with E-state index in [0.717, 1.165) is 6.42 Å². The molecule has 3 aliphatic carbocycles. The predicted octanol–water partition coefficient (Wildman–Crippen LogP) is 0.197. The van der Waals surface area contributed by atoms with Crippen LogP contribution in [0.5, 0.6) is 0 Å². The maximum atomic E-state index is 12.2. The molecule has 2 bridgehead atoms. The number of rotatable bonds is 2. The number of allylic oxidation sites excluding steroid dienone is 4. The van der Waals surface area contributed by atoms with Gasteiger partial charge in [-0.25, -0.2) is 0 Å². The summed E-state index contributed by atoms with van der Waals surface area (Å²) in [4.78, 5) is 12.2. The van der Waals surface area contributed by atoms with Crippen LogP contribution in [0.3, 0.4) is 0 Å². The normalized spacial score (nSPS) is 40.2. The van der Waals surface area contributed by atoms with Gasteiger partial charge in [0.2, 0.25) is 0 Å². The largest absolute Gasteiger partial charge is 0.397 e. The highest BCUT2D eigenvalue weighted by molar-refractivity contribution is 6.04. The SMILES string of the molecule is NN/C=C(\N)C1=C[C@@H]2C3C=CC(C3)[C@@H]2C1=O. The zero-order valence-electron chi connectivity index (χ0n) is 8.89. The molecular formula is C12H15N3O. The quantitative estimate of drug-likeness (QED) is 0.350. The third-order valence-corrected chi connectivity index (χ3v) is 4.00. The number of Topliss-reactive ketones (excluding diaryl/α,β-unsaturated/α-hetero) is 1. The third kappa shape index (κ3) is 1.10. The zero-order chi connectivity index (χ0) is 11.3. The number of hydrazine groups is 1. The van der Waals surface area contributed by atoms with Crippen LogP contribution in [0.25, 0.3) is 0 Å². The summed E-state index contributed by atoms with van der Waals surface area (Å²) < 4.78 is 0. The van der Waals surface area contributed by atoms with E-state index >= 15 is 0 Å². The fourth-order valence-corrected chi connectivity index (χ4v) is 3.32. The lowest BCUT2D eigenvalue weighted by atomic mass is 9.85. The van der Waals surface area contributed by atoms with Crippen molar-refractivity contribution in [1.29, 1.82) is 0 Å². The van der Waals surface area contributed by atoms with Crippen molar-refractivity contribution in [3.8, 4) is 0 Å². The van der Waals surface area contributed by atoms with Crippen LogP contribution in [0.1, 0.15) is 6.42 Å². The molecule has 0 aromatic rings. The average molecular weight is 217 g/mol. The number of hydrogen-bond donors (Lipinski definition) is 3. The van der Waals surface area contributed by atoms with Gasteiger partial charge in [-0.2, -0.15) is 0 Å². The minimum atomic E-state index is 0.134. The second-order valence-electron chi connectivity index (χ2n) is 4.76. The molecule has 2 unspecified atom stereocenters. The molecule has 0 aliphatic heterocycles. The number of nitrogens with two attached hydrogens (primary N) is 2. The Balaban J connectivity index is 1.93. The molecule has 0 spiro atoms. The van der Waals surface area contributed by atoms with Crippen molar-refractivity contribution in [2.45, 2.75) is 6.42 Å². The van der Waals surface area contributed by atoms with Crippen LogP contribution < -0.4 is 17.0 Å². The van der Waals surface area contributed by atoms with E-state index in [9.17, 15) is 4.79 Å². The van der Waals surface area contributed by atoms with E-state index < -0.39 is 0 Å². The Morgan fingerprint density at radius 1 is 1.44 bits per heavy atom. The van der Waals surface area contributed by atoms with Crippen LogP contribution in [-0.2, 0) is 4.79 Å². The first-order chi connectivity index (χ1) is 7.72. The van der Waals surface area contributed by atoms with Crippen molar-refractivity contribution in [1.82, 2.24) is 5.43 Å². The predicted molar refractivity (Wildman–Crippen MR) is 60.4 cm³/mol. The molecule has 0 aromatic carbocycles. The Labute approximate surface area is 94.0 Å². The van der Waals surface area contributed by atoms with E-state index in [0.29, 0.717) is 29.0 Å². The molecule has 4 atom stereocenters. The first-order valence-corrected chi connectivity index (χ1v) is 5.59. The zero-order valence-corrected chi connectivity index (χ0v) is 8.89. The molecule has 0 amide bonds. The minimum Gasteiger partial charge on any atom is -0.397 e. The van der Waals surface area contributed by atoms with Gasteiger partial charge in [-0.3, -0.25) is 10.6 Å². The summed E-state index contributed by atoms with van der Waals surface area (Å²) in [5.41, 5.74) is 9.27. The average Bonchev–Trinajstić information content (AvgIpc) is 2.90. The minimum absolute atomic E-state index is 0.134. The molecule has 3 aliphatic rings. The van der Waals surface area contributed by atoms with Gasteiger partial charge in [0, 0.05) is 17.7 Å². The van der Waals surface area contributed by atoms with Gasteiger partial charge in [0.15, 0.2) is 5.78 Å². The number of fused-ring (bicyclic) bond motifs is 5. The van der Waals surface area contributed by atoms with Gasteiger partial charge in [-0.1, -0.05) is 18.2 Å². The number of hydrogen-bond acceptors (Lipinski definition) is 4. The maximum absolute atomic E-state index is 12.2. The van der Waals surface area contributed by atoms with E-state index in [1.165, 1.54) is 6.20 Å². The monoisotopic (exact) mass is 217 g/mol. The summed E-state index contributed by atoms with van der Waals surface area (Å²) in [6, 6.07) is 0. The molecule has 0 saturated heterocycles. The number of nitrogens with one attached hydrogen (secondary N) is 1. The summed E-state index contributed by atoms with van der Waals surface area (Å²) in [6.45, 7) is 0. The Hall–Kier alpha value is -1.55. The van der Waals surface area contributed by atoms with Crippen molar-refractivity contribution in [3.63, 3.8) is 0 Å². The molecular weight excluding hydrogens is 202 g/mol. The Morgan fingerprint density at radius 3 is 2.88 bits per heavy atom. The van der Waals surface area contributed by atoms with Gasteiger partial charge < -0.3 is 11.2 Å². The van der Waals surface area contributed by atoms with Crippen LogP contribution >= 0.6 is 0 Å². The lowest BCUT2D eigenvalue weighted by Gasteiger charge is -2.17. The Bertz CT molecular complexity index is 436. The molecule has 1 fully saturated rings. The van der Waals surface area contributed by atoms with Crippen LogP contribution in [0, 0.1) is 23.7 Å². The second kappa shape index (κ2) is 3.22. The topological polar surface area (TPSA) is 81.1 Å². The highest BCUT2D eigenvalue weighted by Gasteiger charge is 2.51. The summed E-state index contributed by atoms with van der Waals surface area (Å²) in [5.74, 6) is 6.81. The first-order valence-electron chi connectivity index (χ1n) is 5.59. The van der Waals surface area contributed by atoms with E-state index in [2.05, 4.69) is 17.6 Å². The lowest BCUT2D eigenvalue weighted by Crippen LogP contribution is -2.23. The van der Waals surface area contributed by atoms with Gasteiger partial charge in [0.05, 0.1) is 5.70 Å². The molecule has 0 heterocycles. The molecule has 84 valence electrons. The third-order valence-electron chi connectivity index (χ3n) is 4.00. The summed E-state index contributed by atoms with van der Waals surface area (Å²) in [6.07, 6.45) is 9.05. The van der Waals surface area contributed by atoms with Crippen LogP contribution in [0.2, 0.25) is 0 Å².